The molecule has 0 aromatic carbocycles. The normalized spacial score (nSPS) is 11.6. The summed E-state index contributed by atoms with van der Waals surface area (Å²) in [6.07, 6.45) is 7.69. The third-order valence-electron chi connectivity index (χ3n) is 1.60. The van der Waals surface area contributed by atoms with Crippen LogP contribution in [0.2, 0.25) is 0 Å². The fourth-order valence-corrected chi connectivity index (χ4v) is 0.978. The topological polar surface area (TPSA) is 12.0 Å². The maximum atomic E-state index is 3.77. The van der Waals surface area contributed by atoms with Crippen LogP contribution in [0.1, 0.15) is 26.2 Å². The number of hydrogen-bond donors (Lipinski definition) is 1. The molecule has 0 rings (SSSR count). The average Bonchev–Trinajstić information content (AvgIpc) is 2.03. The molecule has 0 aliphatic carbocycles. The molecule has 0 unspecified atom stereocenters. The zero-order valence-corrected chi connectivity index (χ0v) is 7.69. The third-order valence-corrected chi connectivity index (χ3v) is 1.60. The third kappa shape index (κ3) is 5.86. The van der Waals surface area contributed by atoms with E-state index in [-0.39, 0.29) is 0 Å². The van der Waals surface area contributed by atoms with Crippen LogP contribution in [-0.4, -0.2) is 13.6 Å². The van der Waals surface area contributed by atoms with E-state index in [1.165, 1.54) is 12.0 Å². The van der Waals surface area contributed by atoms with Crippen LogP contribution >= 0.6 is 0 Å². The van der Waals surface area contributed by atoms with Crippen molar-refractivity contribution in [3.63, 3.8) is 0 Å². The summed E-state index contributed by atoms with van der Waals surface area (Å²) in [5.41, 5.74) is 1.38. The Balaban J connectivity index is 3.61. The number of allylic oxidation sites excluding steroid dienone is 2. The minimum absolute atomic E-state index is 1.06. The summed E-state index contributed by atoms with van der Waals surface area (Å²) in [5.74, 6) is 0. The second-order valence-corrected chi connectivity index (χ2v) is 2.63. The summed E-state index contributed by atoms with van der Waals surface area (Å²) in [4.78, 5) is 0. The van der Waals surface area contributed by atoms with Crippen molar-refractivity contribution in [1.82, 2.24) is 5.32 Å². The Morgan fingerprint density at radius 3 is 2.73 bits per heavy atom. The summed E-state index contributed by atoms with van der Waals surface area (Å²) in [7, 11) is 1.97. The molecule has 11 heavy (non-hydrogen) atoms. The van der Waals surface area contributed by atoms with Crippen molar-refractivity contribution < 1.29 is 0 Å². The molecule has 0 aromatic heterocycles. The van der Waals surface area contributed by atoms with E-state index in [4.69, 9.17) is 0 Å². The molecule has 64 valence electrons. The van der Waals surface area contributed by atoms with Gasteiger partial charge < -0.3 is 5.32 Å². The van der Waals surface area contributed by atoms with Crippen LogP contribution in [0.25, 0.3) is 0 Å². The van der Waals surface area contributed by atoms with E-state index >= 15 is 0 Å². The zero-order valence-electron chi connectivity index (χ0n) is 7.69. The molecule has 0 spiro atoms. The highest BCUT2D eigenvalue weighted by atomic mass is 14.8. The molecule has 0 bridgehead atoms. The highest BCUT2D eigenvalue weighted by molar-refractivity contribution is 5.15. The minimum atomic E-state index is 1.06. The first-order valence-corrected chi connectivity index (χ1v) is 4.31. The number of rotatable bonds is 6. The molecule has 0 fully saturated rings. The van der Waals surface area contributed by atoms with Crippen LogP contribution in [0.4, 0.5) is 0 Å². The van der Waals surface area contributed by atoms with Crippen LogP contribution in [-0.2, 0) is 0 Å². The minimum Gasteiger partial charge on any atom is -0.319 e. The molecule has 1 N–H and O–H groups in total. The Morgan fingerprint density at radius 2 is 2.27 bits per heavy atom. The first-order chi connectivity index (χ1) is 5.35. The standard InChI is InChI=1S/C10H19N/c1-4-7-10(5-2)8-6-9-11-3/h5,8,11H,2,4,6-7,9H2,1,3H3/b10-8+. The maximum absolute atomic E-state index is 3.77. The quantitative estimate of drug-likeness (QED) is 0.456. The largest absolute Gasteiger partial charge is 0.319 e. The van der Waals surface area contributed by atoms with Gasteiger partial charge in [0.2, 0.25) is 0 Å². The lowest BCUT2D eigenvalue weighted by Gasteiger charge is -1.98. The smallest absolute Gasteiger partial charge is 0.00171 e. The van der Waals surface area contributed by atoms with E-state index in [1.807, 2.05) is 13.1 Å². The average molecular weight is 153 g/mol. The highest BCUT2D eigenvalue weighted by Crippen LogP contribution is 2.05. The van der Waals surface area contributed by atoms with Crippen molar-refractivity contribution in [2.75, 3.05) is 13.6 Å². The molecular formula is C10H19N. The molecule has 0 saturated heterocycles. The van der Waals surface area contributed by atoms with Gasteiger partial charge in [-0.25, -0.2) is 0 Å². The first kappa shape index (κ1) is 10.4. The predicted octanol–water partition coefficient (Wildman–Crippen LogP) is 2.51. The Morgan fingerprint density at radius 1 is 1.55 bits per heavy atom. The molecule has 0 aliphatic heterocycles. The molecule has 0 amide bonds. The van der Waals surface area contributed by atoms with Gasteiger partial charge in [0.1, 0.15) is 0 Å². The van der Waals surface area contributed by atoms with Gasteiger partial charge in [-0.15, -0.1) is 0 Å². The lowest BCUT2D eigenvalue weighted by molar-refractivity contribution is 0.800. The Hall–Kier alpha value is -0.560. The fraction of sp³-hybridized carbons (Fsp3) is 0.600. The van der Waals surface area contributed by atoms with E-state index in [2.05, 4.69) is 24.9 Å². The van der Waals surface area contributed by atoms with Crippen molar-refractivity contribution in [3.8, 4) is 0 Å². The van der Waals surface area contributed by atoms with Crippen molar-refractivity contribution in [2.24, 2.45) is 0 Å². The van der Waals surface area contributed by atoms with Gasteiger partial charge in [-0.3, -0.25) is 0 Å². The maximum Gasteiger partial charge on any atom is -0.00171 e. The molecule has 0 saturated carbocycles. The van der Waals surface area contributed by atoms with Gasteiger partial charge in [-0.2, -0.15) is 0 Å². The molecule has 1 heteroatoms. The van der Waals surface area contributed by atoms with Crippen LogP contribution in [0.3, 0.4) is 0 Å². The Kier molecular flexibility index (Phi) is 7.16. The number of hydrogen-bond acceptors (Lipinski definition) is 1. The van der Waals surface area contributed by atoms with Gasteiger partial charge in [-0.05, 0) is 26.4 Å². The van der Waals surface area contributed by atoms with E-state index in [0.29, 0.717) is 0 Å². The second kappa shape index (κ2) is 7.55. The number of nitrogens with one attached hydrogen (secondary N) is 1. The van der Waals surface area contributed by atoms with Gasteiger partial charge in [0.25, 0.3) is 0 Å². The summed E-state index contributed by atoms with van der Waals surface area (Å²) >= 11 is 0. The summed E-state index contributed by atoms with van der Waals surface area (Å²) < 4.78 is 0. The van der Waals surface area contributed by atoms with Gasteiger partial charge >= 0.3 is 0 Å². The Labute approximate surface area is 70.2 Å². The molecule has 0 atom stereocenters. The molecule has 0 aromatic rings. The van der Waals surface area contributed by atoms with Crippen molar-refractivity contribution >= 4 is 0 Å². The summed E-state index contributed by atoms with van der Waals surface area (Å²) in [6, 6.07) is 0. The second-order valence-electron chi connectivity index (χ2n) is 2.63. The van der Waals surface area contributed by atoms with Gasteiger partial charge in [0, 0.05) is 0 Å². The van der Waals surface area contributed by atoms with Crippen LogP contribution in [0.15, 0.2) is 24.3 Å². The van der Waals surface area contributed by atoms with Gasteiger partial charge in [0.15, 0.2) is 0 Å². The van der Waals surface area contributed by atoms with E-state index in [9.17, 15) is 0 Å². The van der Waals surface area contributed by atoms with Crippen molar-refractivity contribution in [3.05, 3.63) is 24.3 Å². The van der Waals surface area contributed by atoms with Gasteiger partial charge in [0.05, 0.1) is 0 Å². The fourth-order valence-electron chi connectivity index (χ4n) is 0.978. The molecule has 0 heterocycles. The first-order valence-electron chi connectivity index (χ1n) is 4.31. The molecule has 0 aliphatic rings. The van der Waals surface area contributed by atoms with Crippen molar-refractivity contribution in [2.45, 2.75) is 26.2 Å². The van der Waals surface area contributed by atoms with Crippen molar-refractivity contribution in [1.29, 1.82) is 0 Å². The lowest BCUT2D eigenvalue weighted by Crippen LogP contribution is -2.06. The zero-order chi connectivity index (χ0) is 8.53. The summed E-state index contributed by atoms with van der Waals surface area (Å²) in [5, 5.41) is 3.11. The van der Waals surface area contributed by atoms with E-state index in [0.717, 1.165) is 19.4 Å². The molecule has 1 nitrogen and oxygen atoms in total. The Bertz CT molecular complexity index is 125. The summed E-state index contributed by atoms with van der Waals surface area (Å²) in [6.45, 7) is 7.02. The van der Waals surface area contributed by atoms with Crippen LogP contribution in [0.5, 0.6) is 0 Å². The van der Waals surface area contributed by atoms with E-state index < -0.39 is 0 Å². The van der Waals surface area contributed by atoms with E-state index in [1.54, 1.807) is 0 Å². The highest BCUT2D eigenvalue weighted by Gasteiger charge is 1.87. The van der Waals surface area contributed by atoms with Crippen LogP contribution < -0.4 is 5.32 Å². The molecule has 0 radical (unpaired) electrons. The lowest BCUT2D eigenvalue weighted by atomic mass is 10.1. The molecular weight excluding hydrogens is 134 g/mol. The monoisotopic (exact) mass is 153 g/mol. The predicted molar refractivity (Wildman–Crippen MR) is 51.7 cm³/mol. The van der Waals surface area contributed by atoms with Crippen LogP contribution in [0, 0.1) is 0 Å². The SMILES string of the molecule is C=C/C(=C\CCNC)CCC. The van der Waals surface area contributed by atoms with Gasteiger partial charge in [-0.1, -0.05) is 37.6 Å².